The quantitative estimate of drug-likeness (QED) is 0.541. The average molecular weight is 135 g/mol. The second kappa shape index (κ2) is 2.81. The minimum Gasteiger partial charge on any atom is -0.369 e. The maximum absolute atomic E-state index is 10.4. The zero-order chi connectivity index (χ0) is 6.73. The minimum absolute atomic E-state index is 0.508. The average Bonchev–Trinajstić information content (AvgIpc) is 1.64. The number of amides is 1. The van der Waals surface area contributed by atoms with Crippen LogP contribution in [0, 0.1) is 0 Å². The van der Waals surface area contributed by atoms with Crippen LogP contribution >= 0.6 is 0 Å². The van der Waals surface area contributed by atoms with Crippen molar-refractivity contribution < 1.29 is 9.00 Å². The highest BCUT2D eigenvalue weighted by Crippen LogP contribution is 1.88. The van der Waals surface area contributed by atoms with Gasteiger partial charge >= 0.3 is 0 Å². The molecule has 0 saturated heterocycles. The van der Waals surface area contributed by atoms with Crippen LogP contribution in [0.25, 0.3) is 0 Å². The highest BCUT2D eigenvalue weighted by molar-refractivity contribution is 7.85. The van der Waals surface area contributed by atoms with Crippen molar-refractivity contribution >= 4 is 16.7 Å². The lowest BCUT2D eigenvalue weighted by molar-refractivity contribution is -0.117. The molecule has 0 heterocycles. The van der Waals surface area contributed by atoms with Crippen molar-refractivity contribution in [1.29, 1.82) is 0 Å². The van der Waals surface area contributed by atoms with Crippen LogP contribution in [0.3, 0.4) is 0 Å². The van der Waals surface area contributed by atoms with Crippen molar-refractivity contribution in [2.45, 2.75) is 12.2 Å². The Balaban J connectivity index is 3.83. The Morgan fingerprint density at radius 2 is 2.12 bits per heavy atom. The third kappa shape index (κ3) is 2.07. The first-order valence-electron chi connectivity index (χ1n) is 2.17. The first-order chi connectivity index (χ1) is 3.55. The summed E-state index contributed by atoms with van der Waals surface area (Å²) in [6.07, 6.45) is 1.45. The maximum atomic E-state index is 10.4. The summed E-state index contributed by atoms with van der Waals surface area (Å²) in [7, 11) is -1.11. The Kier molecular flexibility index (Phi) is 2.68. The standard InChI is InChI=1S/C4H9NO2S/c1-3(4(5)6)8(2)7/h3H,1-2H3,(H2,5,6)/t3?,8-/m0/s1. The lowest BCUT2D eigenvalue weighted by Crippen LogP contribution is -2.28. The predicted molar refractivity (Wildman–Crippen MR) is 32.7 cm³/mol. The van der Waals surface area contributed by atoms with Crippen molar-refractivity contribution in [3.63, 3.8) is 0 Å². The lowest BCUT2D eigenvalue weighted by atomic mass is 10.5. The lowest BCUT2D eigenvalue weighted by Gasteiger charge is -1.98. The van der Waals surface area contributed by atoms with Gasteiger partial charge in [0.15, 0.2) is 0 Å². The van der Waals surface area contributed by atoms with Gasteiger partial charge in [-0.25, -0.2) is 0 Å². The third-order valence-corrected chi connectivity index (χ3v) is 2.13. The fraction of sp³-hybridized carbons (Fsp3) is 0.750. The van der Waals surface area contributed by atoms with Crippen LogP contribution in [0.4, 0.5) is 0 Å². The molecule has 48 valence electrons. The number of hydrogen-bond acceptors (Lipinski definition) is 2. The van der Waals surface area contributed by atoms with Crippen LogP contribution in [-0.2, 0) is 15.6 Å². The normalized spacial score (nSPS) is 17.2. The SMILES string of the molecule is CC(C(N)=O)[S@](C)=O. The second-order valence-corrected chi connectivity index (χ2v) is 3.25. The van der Waals surface area contributed by atoms with E-state index in [1.807, 2.05) is 0 Å². The van der Waals surface area contributed by atoms with Gasteiger partial charge in [-0.1, -0.05) is 0 Å². The maximum Gasteiger partial charge on any atom is 0.232 e. The molecule has 0 aliphatic heterocycles. The summed E-state index contributed by atoms with van der Waals surface area (Å²) >= 11 is 0. The van der Waals surface area contributed by atoms with E-state index < -0.39 is 22.0 Å². The summed E-state index contributed by atoms with van der Waals surface area (Å²) in [6, 6.07) is 0. The molecule has 0 aromatic heterocycles. The molecule has 3 nitrogen and oxygen atoms in total. The Labute approximate surface area is 50.7 Å². The van der Waals surface area contributed by atoms with Crippen molar-refractivity contribution in [1.82, 2.24) is 0 Å². The Morgan fingerprint density at radius 3 is 2.12 bits per heavy atom. The smallest absolute Gasteiger partial charge is 0.232 e. The first-order valence-corrected chi connectivity index (χ1v) is 3.79. The molecule has 0 aliphatic carbocycles. The van der Waals surface area contributed by atoms with Crippen LogP contribution in [0.15, 0.2) is 0 Å². The summed E-state index contributed by atoms with van der Waals surface area (Å²) in [5.41, 5.74) is 4.80. The summed E-state index contributed by atoms with van der Waals surface area (Å²) in [6.45, 7) is 1.54. The number of carbonyl (C=O) groups excluding carboxylic acids is 1. The van der Waals surface area contributed by atoms with Crippen LogP contribution in [0.1, 0.15) is 6.92 Å². The summed E-state index contributed by atoms with van der Waals surface area (Å²) < 4.78 is 10.4. The van der Waals surface area contributed by atoms with E-state index in [4.69, 9.17) is 5.73 Å². The van der Waals surface area contributed by atoms with Crippen molar-refractivity contribution in [3.05, 3.63) is 0 Å². The van der Waals surface area contributed by atoms with E-state index in [0.29, 0.717) is 0 Å². The molecule has 0 saturated carbocycles. The number of hydrogen-bond donors (Lipinski definition) is 1. The van der Waals surface area contributed by atoms with Gasteiger partial charge in [0.1, 0.15) is 5.25 Å². The molecule has 0 rings (SSSR count). The van der Waals surface area contributed by atoms with Crippen molar-refractivity contribution in [3.8, 4) is 0 Å². The van der Waals surface area contributed by atoms with Gasteiger partial charge in [0, 0.05) is 17.1 Å². The van der Waals surface area contributed by atoms with Gasteiger partial charge in [0.25, 0.3) is 0 Å². The predicted octanol–water partition coefficient (Wildman–Crippen LogP) is -0.761. The summed E-state index contributed by atoms with van der Waals surface area (Å²) in [5, 5.41) is -0.519. The Hall–Kier alpha value is -0.380. The summed E-state index contributed by atoms with van der Waals surface area (Å²) in [4.78, 5) is 10.2. The number of primary amides is 1. The molecule has 2 atom stereocenters. The molecule has 0 radical (unpaired) electrons. The first kappa shape index (κ1) is 7.62. The Morgan fingerprint density at radius 1 is 1.75 bits per heavy atom. The summed E-state index contributed by atoms with van der Waals surface area (Å²) in [5.74, 6) is -0.508. The van der Waals surface area contributed by atoms with Gasteiger partial charge in [-0.2, -0.15) is 0 Å². The molecule has 0 bridgehead atoms. The van der Waals surface area contributed by atoms with Gasteiger partial charge in [-0.3, -0.25) is 9.00 Å². The monoisotopic (exact) mass is 135 g/mol. The van der Waals surface area contributed by atoms with Crippen LogP contribution in [-0.4, -0.2) is 21.6 Å². The third-order valence-electron chi connectivity index (χ3n) is 0.899. The van der Waals surface area contributed by atoms with Crippen LogP contribution in [0.2, 0.25) is 0 Å². The molecule has 4 heteroatoms. The van der Waals surface area contributed by atoms with E-state index in [-0.39, 0.29) is 0 Å². The van der Waals surface area contributed by atoms with Gasteiger partial charge in [-0.15, -0.1) is 0 Å². The largest absolute Gasteiger partial charge is 0.369 e. The zero-order valence-corrected chi connectivity index (χ0v) is 5.70. The molecule has 8 heavy (non-hydrogen) atoms. The molecule has 0 aromatic carbocycles. The van der Waals surface area contributed by atoms with E-state index in [0.717, 1.165) is 0 Å². The number of nitrogens with two attached hydrogens (primary N) is 1. The fourth-order valence-electron chi connectivity index (χ4n) is 0.164. The fourth-order valence-corrected chi connectivity index (χ4v) is 0.491. The van der Waals surface area contributed by atoms with E-state index in [1.54, 1.807) is 6.92 Å². The minimum atomic E-state index is -1.11. The second-order valence-electron chi connectivity index (χ2n) is 1.54. The van der Waals surface area contributed by atoms with Crippen LogP contribution in [0.5, 0.6) is 0 Å². The molecule has 1 amide bonds. The number of rotatable bonds is 2. The van der Waals surface area contributed by atoms with Gasteiger partial charge in [0.2, 0.25) is 5.91 Å². The van der Waals surface area contributed by atoms with E-state index in [1.165, 1.54) is 6.26 Å². The van der Waals surface area contributed by atoms with E-state index >= 15 is 0 Å². The molecular weight excluding hydrogens is 126 g/mol. The highest BCUT2D eigenvalue weighted by Gasteiger charge is 2.10. The molecule has 2 N–H and O–H groups in total. The molecule has 0 aliphatic rings. The highest BCUT2D eigenvalue weighted by atomic mass is 32.2. The van der Waals surface area contributed by atoms with Crippen LogP contribution < -0.4 is 5.73 Å². The topological polar surface area (TPSA) is 60.2 Å². The molecular formula is C4H9NO2S. The Bertz CT molecular complexity index is 109. The van der Waals surface area contributed by atoms with Crippen molar-refractivity contribution in [2.24, 2.45) is 5.73 Å². The number of carbonyl (C=O) groups is 1. The van der Waals surface area contributed by atoms with E-state index in [9.17, 15) is 9.00 Å². The molecule has 1 unspecified atom stereocenters. The molecule has 0 aromatic rings. The van der Waals surface area contributed by atoms with Gasteiger partial charge in [0.05, 0.1) is 0 Å². The van der Waals surface area contributed by atoms with Gasteiger partial charge in [-0.05, 0) is 6.92 Å². The zero-order valence-electron chi connectivity index (χ0n) is 4.88. The van der Waals surface area contributed by atoms with E-state index in [2.05, 4.69) is 0 Å². The van der Waals surface area contributed by atoms with Gasteiger partial charge < -0.3 is 5.73 Å². The molecule has 0 spiro atoms. The van der Waals surface area contributed by atoms with Crippen molar-refractivity contribution in [2.75, 3.05) is 6.26 Å². The molecule has 0 fully saturated rings.